The van der Waals surface area contributed by atoms with E-state index in [2.05, 4.69) is 12.2 Å². The van der Waals surface area contributed by atoms with Crippen LogP contribution in [-0.4, -0.2) is 11.0 Å². The lowest BCUT2D eigenvalue weighted by Crippen LogP contribution is -2.34. The molecule has 1 aromatic rings. The monoisotopic (exact) mass is 284 g/mol. The smallest absolute Gasteiger partial charge is 0.295 e. The number of anilines is 1. The third-order valence-corrected chi connectivity index (χ3v) is 4.06. The second kappa shape index (κ2) is 5.73. The molecule has 0 bridgehead atoms. The number of halogens is 2. The Morgan fingerprint density at radius 3 is 2.65 bits per heavy atom. The minimum atomic E-state index is -1.18. The first-order valence-electron chi connectivity index (χ1n) is 6.79. The molecule has 1 fully saturated rings. The molecule has 2 rings (SSSR count). The van der Waals surface area contributed by atoms with Crippen LogP contribution in [0, 0.1) is 33.6 Å². The summed E-state index contributed by atoms with van der Waals surface area (Å²) in [4.78, 5) is 10.3. The molecular formula is C14H18F2N2O2. The van der Waals surface area contributed by atoms with E-state index in [1.165, 1.54) is 0 Å². The van der Waals surface area contributed by atoms with Gasteiger partial charge in [0.1, 0.15) is 0 Å². The first kappa shape index (κ1) is 14.7. The van der Waals surface area contributed by atoms with Gasteiger partial charge >= 0.3 is 0 Å². The van der Waals surface area contributed by atoms with E-state index >= 15 is 0 Å². The maximum absolute atomic E-state index is 13.9. The highest BCUT2D eigenvalue weighted by molar-refractivity contribution is 5.63. The Morgan fingerprint density at radius 1 is 1.30 bits per heavy atom. The molecule has 3 unspecified atom stereocenters. The van der Waals surface area contributed by atoms with Gasteiger partial charge in [0.05, 0.1) is 4.92 Å². The van der Waals surface area contributed by atoms with Gasteiger partial charge in [-0.25, -0.2) is 8.78 Å². The number of benzene rings is 1. The molecule has 0 spiro atoms. The molecule has 20 heavy (non-hydrogen) atoms. The van der Waals surface area contributed by atoms with Gasteiger partial charge in [0.2, 0.25) is 0 Å². The SMILES string of the molecule is CC1CCC(C)C(Nc2c([N+](=O)[O-])ccc(F)c2F)C1. The fraction of sp³-hybridized carbons (Fsp3) is 0.571. The molecule has 0 heterocycles. The molecular weight excluding hydrogens is 266 g/mol. The number of hydrogen-bond acceptors (Lipinski definition) is 3. The molecule has 0 aromatic heterocycles. The zero-order chi connectivity index (χ0) is 14.9. The van der Waals surface area contributed by atoms with Crippen molar-refractivity contribution in [2.45, 2.75) is 39.2 Å². The fourth-order valence-electron chi connectivity index (χ4n) is 2.75. The van der Waals surface area contributed by atoms with E-state index in [1.54, 1.807) is 0 Å². The van der Waals surface area contributed by atoms with Crippen molar-refractivity contribution in [1.82, 2.24) is 0 Å². The van der Waals surface area contributed by atoms with Crippen molar-refractivity contribution in [3.8, 4) is 0 Å². The Kier molecular flexibility index (Phi) is 4.20. The number of nitrogens with one attached hydrogen (secondary N) is 1. The van der Waals surface area contributed by atoms with E-state index in [0.717, 1.165) is 31.4 Å². The molecule has 1 saturated carbocycles. The molecule has 0 amide bonds. The molecule has 6 heteroatoms. The number of rotatable bonds is 3. The summed E-state index contributed by atoms with van der Waals surface area (Å²) in [5, 5.41) is 13.8. The molecule has 1 aromatic carbocycles. The molecule has 1 aliphatic carbocycles. The zero-order valence-electron chi connectivity index (χ0n) is 11.5. The van der Waals surface area contributed by atoms with E-state index in [4.69, 9.17) is 0 Å². The van der Waals surface area contributed by atoms with Crippen LogP contribution in [0.3, 0.4) is 0 Å². The summed E-state index contributed by atoms with van der Waals surface area (Å²) in [5.41, 5.74) is -0.754. The van der Waals surface area contributed by atoms with E-state index in [-0.39, 0.29) is 17.6 Å². The number of hydrogen-bond donors (Lipinski definition) is 1. The summed E-state index contributed by atoms with van der Waals surface area (Å²) in [6.45, 7) is 4.11. The van der Waals surface area contributed by atoms with Crippen molar-refractivity contribution in [3.63, 3.8) is 0 Å². The molecule has 3 atom stereocenters. The van der Waals surface area contributed by atoms with Crippen molar-refractivity contribution in [3.05, 3.63) is 33.9 Å². The minimum absolute atomic E-state index is 0.0752. The first-order valence-corrected chi connectivity index (χ1v) is 6.79. The summed E-state index contributed by atoms with van der Waals surface area (Å²) < 4.78 is 27.2. The van der Waals surface area contributed by atoms with Crippen LogP contribution in [0.15, 0.2) is 12.1 Å². The van der Waals surface area contributed by atoms with Gasteiger partial charge in [0, 0.05) is 12.1 Å². The summed E-state index contributed by atoms with van der Waals surface area (Å²) in [6.07, 6.45) is 2.87. The second-order valence-corrected chi connectivity index (χ2v) is 5.66. The highest BCUT2D eigenvalue weighted by atomic mass is 19.2. The lowest BCUT2D eigenvalue weighted by Gasteiger charge is -2.33. The summed E-state index contributed by atoms with van der Waals surface area (Å²) >= 11 is 0. The normalized spacial score (nSPS) is 26.3. The largest absolute Gasteiger partial charge is 0.374 e. The summed E-state index contributed by atoms with van der Waals surface area (Å²) in [7, 11) is 0. The third-order valence-electron chi connectivity index (χ3n) is 4.06. The molecule has 1 aliphatic rings. The second-order valence-electron chi connectivity index (χ2n) is 5.66. The van der Waals surface area contributed by atoms with Gasteiger partial charge in [-0.2, -0.15) is 0 Å². The van der Waals surface area contributed by atoms with Gasteiger partial charge in [-0.3, -0.25) is 10.1 Å². The van der Waals surface area contributed by atoms with Gasteiger partial charge < -0.3 is 5.32 Å². The summed E-state index contributed by atoms with van der Waals surface area (Å²) in [6, 6.07) is 1.71. The van der Waals surface area contributed by atoms with Crippen LogP contribution in [0.2, 0.25) is 0 Å². The van der Waals surface area contributed by atoms with Crippen LogP contribution in [0.4, 0.5) is 20.2 Å². The van der Waals surface area contributed by atoms with Crippen molar-refractivity contribution in [2.75, 3.05) is 5.32 Å². The van der Waals surface area contributed by atoms with Crippen LogP contribution in [0.25, 0.3) is 0 Å². The number of nitro groups is 1. The fourth-order valence-corrected chi connectivity index (χ4v) is 2.75. The van der Waals surface area contributed by atoms with Gasteiger partial charge in [-0.05, 0) is 30.7 Å². The maximum atomic E-state index is 13.9. The predicted molar refractivity (Wildman–Crippen MR) is 72.6 cm³/mol. The molecule has 0 saturated heterocycles. The predicted octanol–water partition coefficient (Wildman–Crippen LogP) is 4.11. The van der Waals surface area contributed by atoms with Gasteiger partial charge in [-0.15, -0.1) is 0 Å². The Bertz CT molecular complexity index is 522. The van der Waals surface area contributed by atoms with Crippen molar-refractivity contribution in [1.29, 1.82) is 0 Å². The lowest BCUT2D eigenvalue weighted by molar-refractivity contribution is -0.384. The lowest BCUT2D eigenvalue weighted by atomic mass is 9.80. The highest BCUT2D eigenvalue weighted by Crippen LogP contribution is 2.35. The molecule has 0 aliphatic heterocycles. The Morgan fingerprint density at radius 2 is 2.00 bits per heavy atom. The van der Waals surface area contributed by atoms with Gasteiger partial charge in [-0.1, -0.05) is 20.3 Å². The van der Waals surface area contributed by atoms with E-state index < -0.39 is 22.2 Å². The zero-order valence-corrected chi connectivity index (χ0v) is 11.5. The summed E-state index contributed by atoms with van der Waals surface area (Å²) in [5.74, 6) is -1.51. The van der Waals surface area contributed by atoms with Gasteiger partial charge in [0.25, 0.3) is 5.69 Å². The number of nitrogens with zero attached hydrogens (tertiary/aromatic N) is 1. The average molecular weight is 284 g/mol. The Labute approximate surface area is 116 Å². The van der Waals surface area contributed by atoms with Crippen LogP contribution in [0.1, 0.15) is 33.1 Å². The van der Waals surface area contributed by atoms with Crippen molar-refractivity contribution in [2.24, 2.45) is 11.8 Å². The quantitative estimate of drug-likeness (QED) is 0.671. The topological polar surface area (TPSA) is 55.2 Å². The molecule has 4 nitrogen and oxygen atoms in total. The number of nitro benzene ring substituents is 1. The van der Waals surface area contributed by atoms with Gasteiger partial charge in [0.15, 0.2) is 17.3 Å². The van der Waals surface area contributed by atoms with E-state index in [9.17, 15) is 18.9 Å². The molecule has 110 valence electrons. The Balaban J connectivity index is 2.32. The third kappa shape index (κ3) is 2.89. The molecule has 0 radical (unpaired) electrons. The van der Waals surface area contributed by atoms with Crippen molar-refractivity contribution < 1.29 is 13.7 Å². The first-order chi connectivity index (χ1) is 9.40. The van der Waals surface area contributed by atoms with E-state index in [0.29, 0.717) is 5.92 Å². The average Bonchev–Trinajstić information content (AvgIpc) is 2.39. The van der Waals surface area contributed by atoms with Crippen LogP contribution in [0.5, 0.6) is 0 Å². The van der Waals surface area contributed by atoms with Crippen LogP contribution in [-0.2, 0) is 0 Å². The minimum Gasteiger partial charge on any atom is -0.374 e. The Hall–Kier alpha value is -1.72. The maximum Gasteiger partial charge on any atom is 0.295 e. The standard InChI is InChI=1S/C14H18F2N2O2/c1-8-3-4-9(2)11(7-8)17-14-12(18(19)20)6-5-10(15)13(14)16/h5-6,8-9,11,17H,3-4,7H2,1-2H3. The highest BCUT2D eigenvalue weighted by Gasteiger charge is 2.29. The van der Waals surface area contributed by atoms with E-state index in [1.807, 2.05) is 6.92 Å². The van der Waals surface area contributed by atoms with Crippen molar-refractivity contribution >= 4 is 11.4 Å². The van der Waals surface area contributed by atoms with Crippen LogP contribution < -0.4 is 5.32 Å². The van der Waals surface area contributed by atoms with Crippen LogP contribution >= 0.6 is 0 Å². The molecule has 1 N–H and O–H groups in total.